The zero-order valence-electron chi connectivity index (χ0n) is 10.1. The molecule has 0 rings (SSSR count). The minimum Gasteiger partial charge on any atom is -0.465 e. The van der Waals surface area contributed by atoms with Gasteiger partial charge < -0.3 is 10.4 Å². The van der Waals surface area contributed by atoms with Gasteiger partial charge in [-0.3, -0.25) is 0 Å². The maximum atomic E-state index is 10.3. The molecule has 0 heterocycles. The van der Waals surface area contributed by atoms with Crippen LogP contribution in [-0.2, 0) is 0 Å². The molecule has 0 aromatic carbocycles. The molecule has 0 bridgehead atoms. The Labute approximate surface area is 93.3 Å². The number of carboxylic acid groups (broad SMARTS) is 1. The van der Waals surface area contributed by atoms with Crippen molar-refractivity contribution in [3.8, 4) is 0 Å². The van der Waals surface area contributed by atoms with Gasteiger partial charge in [-0.15, -0.1) is 0 Å². The lowest BCUT2D eigenvalue weighted by Crippen LogP contribution is -2.30. The van der Waals surface area contributed by atoms with Crippen molar-refractivity contribution in [3.63, 3.8) is 0 Å². The van der Waals surface area contributed by atoms with Crippen molar-refractivity contribution in [1.29, 1.82) is 0 Å². The monoisotopic (exact) mass is 215 g/mol. The van der Waals surface area contributed by atoms with Gasteiger partial charge in [-0.1, -0.05) is 51.9 Å². The van der Waals surface area contributed by atoms with Gasteiger partial charge in [0.1, 0.15) is 0 Å². The van der Waals surface area contributed by atoms with Crippen LogP contribution in [0.25, 0.3) is 0 Å². The van der Waals surface area contributed by atoms with Gasteiger partial charge >= 0.3 is 6.09 Å². The molecule has 0 aromatic heterocycles. The summed E-state index contributed by atoms with van der Waals surface area (Å²) in [6, 6.07) is 0.0955. The number of hydrogen-bond donors (Lipinski definition) is 2. The maximum absolute atomic E-state index is 10.3. The second-order valence-corrected chi connectivity index (χ2v) is 4.26. The van der Waals surface area contributed by atoms with E-state index in [1.165, 1.54) is 38.5 Å². The van der Waals surface area contributed by atoms with Gasteiger partial charge in [0, 0.05) is 6.04 Å². The van der Waals surface area contributed by atoms with Crippen LogP contribution < -0.4 is 5.32 Å². The summed E-state index contributed by atoms with van der Waals surface area (Å²) in [5.74, 6) is 0. The van der Waals surface area contributed by atoms with E-state index < -0.39 is 6.09 Å². The summed E-state index contributed by atoms with van der Waals surface area (Å²) < 4.78 is 0. The van der Waals surface area contributed by atoms with Crippen molar-refractivity contribution in [3.05, 3.63) is 0 Å². The third-order valence-corrected chi connectivity index (χ3v) is 2.61. The minimum absolute atomic E-state index is 0.0955. The van der Waals surface area contributed by atoms with E-state index in [2.05, 4.69) is 12.2 Å². The Balaban J connectivity index is 3.13. The molecule has 0 fully saturated rings. The van der Waals surface area contributed by atoms with E-state index in [-0.39, 0.29) is 6.04 Å². The number of rotatable bonds is 9. The molecule has 0 aliphatic carbocycles. The van der Waals surface area contributed by atoms with Gasteiger partial charge in [0.05, 0.1) is 0 Å². The van der Waals surface area contributed by atoms with Crippen molar-refractivity contribution < 1.29 is 9.90 Å². The Hall–Kier alpha value is -0.730. The molecular weight excluding hydrogens is 190 g/mol. The van der Waals surface area contributed by atoms with Crippen LogP contribution in [0.4, 0.5) is 4.79 Å². The predicted octanol–water partition coefficient (Wildman–Crippen LogP) is 3.78. The molecule has 15 heavy (non-hydrogen) atoms. The summed E-state index contributed by atoms with van der Waals surface area (Å²) in [4.78, 5) is 10.3. The zero-order chi connectivity index (χ0) is 11.5. The summed E-state index contributed by atoms with van der Waals surface area (Å²) >= 11 is 0. The fourth-order valence-corrected chi connectivity index (χ4v) is 1.69. The molecule has 3 heteroatoms. The van der Waals surface area contributed by atoms with E-state index in [4.69, 9.17) is 5.11 Å². The van der Waals surface area contributed by atoms with E-state index in [9.17, 15) is 4.79 Å². The summed E-state index contributed by atoms with van der Waals surface area (Å²) in [6.07, 6.45) is 9.01. The molecule has 0 radical (unpaired) electrons. The lowest BCUT2D eigenvalue weighted by molar-refractivity contribution is 0.190. The Morgan fingerprint density at radius 2 is 1.67 bits per heavy atom. The first-order valence-electron chi connectivity index (χ1n) is 6.16. The Morgan fingerprint density at radius 1 is 1.13 bits per heavy atom. The van der Waals surface area contributed by atoms with Gasteiger partial charge in [0.2, 0.25) is 0 Å². The fraction of sp³-hybridized carbons (Fsp3) is 0.917. The second-order valence-electron chi connectivity index (χ2n) is 4.26. The molecule has 1 unspecified atom stereocenters. The van der Waals surface area contributed by atoms with Gasteiger partial charge in [0.15, 0.2) is 0 Å². The Kier molecular flexibility index (Phi) is 9.33. The lowest BCUT2D eigenvalue weighted by Gasteiger charge is -2.10. The van der Waals surface area contributed by atoms with Crippen LogP contribution in [0.5, 0.6) is 0 Å². The van der Waals surface area contributed by atoms with Crippen molar-refractivity contribution in [2.75, 3.05) is 0 Å². The minimum atomic E-state index is -0.912. The van der Waals surface area contributed by atoms with Crippen molar-refractivity contribution in [1.82, 2.24) is 5.32 Å². The maximum Gasteiger partial charge on any atom is 0.404 e. The molecule has 0 aliphatic heterocycles. The highest BCUT2D eigenvalue weighted by Gasteiger charge is 2.03. The van der Waals surface area contributed by atoms with Crippen LogP contribution in [0.3, 0.4) is 0 Å². The van der Waals surface area contributed by atoms with Crippen LogP contribution in [0.15, 0.2) is 0 Å². The number of carbonyl (C=O) groups is 1. The first-order chi connectivity index (χ1) is 7.16. The average molecular weight is 215 g/mol. The quantitative estimate of drug-likeness (QED) is 0.575. The van der Waals surface area contributed by atoms with Crippen LogP contribution in [0.1, 0.15) is 65.2 Å². The average Bonchev–Trinajstić information content (AvgIpc) is 2.15. The lowest BCUT2D eigenvalue weighted by atomic mass is 10.1. The first kappa shape index (κ1) is 14.3. The Morgan fingerprint density at radius 3 is 2.20 bits per heavy atom. The second kappa shape index (κ2) is 9.81. The van der Waals surface area contributed by atoms with Crippen LogP contribution in [-0.4, -0.2) is 17.2 Å². The molecule has 0 aliphatic rings. The molecule has 3 nitrogen and oxygen atoms in total. The highest BCUT2D eigenvalue weighted by molar-refractivity contribution is 5.64. The summed E-state index contributed by atoms with van der Waals surface area (Å²) in [5, 5.41) is 10.9. The molecule has 2 N–H and O–H groups in total. The standard InChI is InChI=1S/C12H25NO2/c1-3-4-5-6-7-8-9-10-11(2)13-12(14)15/h11,13H,3-10H2,1-2H3,(H,14,15). The molecule has 1 amide bonds. The van der Waals surface area contributed by atoms with Gasteiger partial charge in [-0.05, 0) is 13.3 Å². The zero-order valence-corrected chi connectivity index (χ0v) is 10.1. The van der Waals surface area contributed by atoms with E-state index in [1.807, 2.05) is 6.92 Å². The fourth-order valence-electron chi connectivity index (χ4n) is 1.69. The van der Waals surface area contributed by atoms with Crippen molar-refractivity contribution in [2.24, 2.45) is 0 Å². The van der Waals surface area contributed by atoms with Gasteiger partial charge in [0.25, 0.3) is 0 Å². The first-order valence-corrected chi connectivity index (χ1v) is 6.16. The van der Waals surface area contributed by atoms with Crippen molar-refractivity contribution in [2.45, 2.75) is 71.3 Å². The van der Waals surface area contributed by atoms with Gasteiger partial charge in [-0.25, -0.2) is 4.79 Å². The van der Waals surface area contributed by atoms with Crippen LogP contribution in [0.2, 0.25) is 0 Å². The number of unbranched alkanes of at least 4 members (excludes halogenated alkanes) is 6. The highest BCUT2D eigenvalue weighted by atomic mass is 16.4. The van der Waals surface area contributed by atoms with E-state index in [0.717, 1.165) is 12.8 Å². The van der Waals surface area contributed by atoms with Gasteiger partial charge in [-0.2, -0.15) is 0 Å². The number of amides is 1. The summed E-state index contributed by atoms with van der Waals surface area (Å²) in [7, 11) is 0. The third kappa shape index (κ3) is 11.2. The third-order valence-electron chi connectivity index (χ3n) is 2.61. The molecule has 0 saturated carbocycles. The number of hydrogen-bond acceptors (Lipinski definition) is 1. The highest BCUT2D eigenvalue weighted by Crippen LogP contribution is 2.09. The predicted molar refractivity (Wildman–Crippen MR) is 63.2 cm³/mol. The van der Waals surface area contributed by atoms with Crippen LogP contribution in [0, 0.1) is 0 Å². The SMILES string of the molecule is CCCCCCCCCC(C)NC(=O)O. The number of nitrogens with one attached hydrogen (secondary N) is 1. The van der Waals surface area contributed by atoms with Crippen LogP contribution >= 0.6 is 0 Å². The summed E-state index contributed by atoms with van der Waals surface area (Å²) in [5.41, 5.74) is 0. The van der Waals surface area contributed by atoms with E-state index in [0.29, 0.717) is 0 Å². The molecule has 1 atom stereocenters. The Bertz CT molecular complexity index is 160. The molecule has 0 aromatic rings. The van der Waals surface area contributed by atoms with E-state index in [1.54, 1.807) is 0 Å². The normalized spacial score (nSPS) is 12.4. The largest absolute Gasteiger partial charge is 0.465 e. The molecule has 90 valence electrons. The molecule has 0 spiro atoms. The van der Waals surface area contributed by atoms with E-state index >= 15 is 0 Å². The topological polar surface area (TPSA) is 49.3 Å². The van der Waals surface area contributed by atoms with Crippen molar-refractivity contribution >= 4 is 6.09 Å². The smallest absolute Gasteiger partial charge is 0.404 e. The summed E-state index contributed by atoms with van der Waals surface area (Å²) in [6.45, 7) is 4.14. The molecule has 0 saturated heterocycles. The molecular formula is C12H25NO2.